The summed E-state index contributed by atoms with van der Waals surface area (Å²) in [6.07, 6.45) is 1.57. The molecule has 27 heavy (non-hydrogen) atoms. The highest BCUT2D eigenvalue weighted by molar-refractivity contribution is 5.78. The second kappa shape index (κ2) is 8.85. The number of methoxy groups -OCH3 is 1. The number of rotatable bonds is 7. The van der Waals surface area contributed by atoms with Gasteiger partial charge in [-0.2, -0.15) is 0 Å². The van der Waals surface area contributed by atoms with Gasteiger partial charge in [0.2, 0.25) is 11.8 Å². The summed E-state index contributed by atoms with van der Waals surface area (Å²) in [5, 5.41) is 11.3. The lowest BCUT2D eigenvalue weighted by atomic mass is 9.96. The molecule has 1 aromatic heterocycles. The molecule has 0 bridgehead atoms. The summed E-state index contributed by atoms with van der Waals surface area (Å²) in [6.45, 7) is 2.99. The van der Waals surface area contributed by atoms with Crippen LogP contribution in [0.2, 0.25) is 0 Å². The number of benzene rings is 1. The van der Waals surface area contributed by atoms with Crippen LogP contribution in [-0.2, 0) is 4.79 Å². The van der Waals surface area contributed by atoms with Crippen LogP contribution in [0.25, 0.3) is 11.5 Å². The summed E-state index contributed by atoms with van der Waals surface area (Å²) in [5.74, 6) is 1.45. The molecule has 1 aliphatic heterocycles. The summed E-state index contributed by atoms with van der Waals surface area (Å²) >= 11 is 0. The van der Waals surface area contributed by atoms with Gasteiger partial charge in [-0.25, -0.2) is 0 Å². The minimum Gasteiger partial charge on any atom is -0.497 e. The predicted molar refractivity (Wildman–Crippen MR) is 103 cm³/mol. The molecule has 8 heteroatoms. The van der Waals surface area contributed by atoms with Gasteiger partial charge in [0.25, 0.3) is 0 Å². The Balaban J connectivity index is 1.52. The predicted octanol–water partition coefficient (Wildman–Crippen LogP) is 1.64. The quantitative estimate of drug-likeness (QED) is 0.790. The smallest absolute Gasteiger partial charge is 0.318 e. The van der Waals surface area contributed by atoms with Crippen molar-refractivity contribution in [3.63, 3.8) is 0 Å². The molecule has 146 valence electrons. The molecule has 0 atom stereocenters. The molecular formula is C19H27N5O3. The lowest BCUT2D eigenvalue weighted by Crippen LogP contribution is -2.42. The molecule has 1 aromatic carbocycles. The molecule has 1 fully saturated rings. The largest absolute Gasteiger partial charge is 0.497 e. The van der Waals surface area contributed by atoms with Crippen molar-refractivity contribution < 1.29 is 13.9 Å². The summed E-state index contributed by atoms with van der Waals surface area (Å²) < 4.78 is 11.0. The highest BCUT2D eigenvalue weighted by Crippen LogP contribution is 2.27. The van der Waals surface area contributed by atoms with E-state index >= 15 is 0 Å². The van der Waals surface area contributed by atoms with Crippen LogP contribution in [0.5, 0.6) is 5.75 Å². The highest BCUT2D eigenvalue weighted by atomic mass is 16.5. The molecule has 2 aromatic rings. The molecule has 2 heterocycles. The van der Waals surface area contributed by atoms with E-state index in [2.05, 4.69) is 20.4 Å². The van der Waals surface area contributed by atoms with Crippen LogP contribution in [-0.4, -0.2) is 68.4 Å². The Bertz CT molecular complexity index is 736. The van der Waals surface area contributed by atoms with E-state index in [1.165, 1.54) is 0 Å². The van der Waals surface area contributed by atoms with Gasteiger partial charge in [0.15, 0.2) is 0 Å². The van der Waals surface area contributed by atoms with Crippen molar-refractivity contribution in [2.45, 2.75) is 12.8 Å². The monoisotopic (exact) mass is 373 g/mol. The number of anilines is 1. The number of ether oxygens (including phenoxy) is 1. The number of nitrogens with zero attached hydrogens (tertiary/aromatic N) is 4. The average Bonchev–Trinajstić information content (AvgIpc) is 3.18. The van der Waals surface area contributed by atoms with Crippen molar-refractivity contribution >= 4 is 11.9 Å². The van der Waals surface area contributed by atoms with Crippen molar-refractivity contribution in [2.24, 2.45) is 5.92 Å². The standard InChI is InChI=1S/C19H27N5O3/c1-23(2)13-10-20-17(25)14-8-11-24(12-9-14)19-22-21-18(27-19)15-4-6-16(26-3)7-5-15/h4-7,14H,8-13H2,1-3H3,(H,20,25). The van der Waals surface area contributed by atoms with Crippen molar-refractivity contribution in [1.29, 1.82) is 0 Å². The maximum Gasteiger partial charge on any atom is 0.318 e. The molecule has 0 unspecified atom stereocenters. The van der Waals surface area contributed by atoms with Crippen LogP contribution in [0.3, 0.4) is 0 Å². The Morgan fingerprint density at radius 3 is 2.59 bits per heavy atom. The van der Waals surface area contributed by atoms with E-state index in [1.54, 1.807) is 7.11 Å². The van der Waals surface area contributed by atoms with Crippen LogP contribution in [0, 0.1) is 5.92 Å². The topological polar surface area (TPSA) is 83.7 Å². The third kappa shape index (κ3) is 4.97. The van der Waals surface area contributed by atoms with Gasteiger partial charge in [0.1, 0.15) is 5.75 Å². The van der Waals surface area contributed by atoms with E-state index in [-0.39, 0.29) is 11.8 Å². The Labute approximate surface area is 159 Å². The molecule has 0 saturated carbocycles. The van der Waals surface area contributed by atoms with Crippen LogP contribution < -0.4 is 15.0 Å². The van der Waals surface area contributed by atoms with E-state index in [9.17, 15) is 4.79 Å². The Morgan fingerprint density at radius 2 is 1.96 bits per heavy atom. The molecule has 1 aliphatic rings. The minimum atomic E-state index is 0.0485. The number of likely N-dealkylation sites (N-methyl/N-ethyl adjacent to an activating group) is 1. The molecule has 0 aliphatic carbocycles. The summed E-state index contributed by atoms with van der Waals surface area (Å²) in [5.41, 5.74) is 0.852. The first kappa shape index (κ1) is 19.2. The first-order valence-corrected chi connectivity index (χ1v) is 9.22. The summed E-state index contributed by atoms with van der Waals surface area (Å²) in [4.78, 5) is 16.4. The highest BCUT2D eigenvalue weighted by Gasteiger charge is 2.27. The van der Waals surface area contributed by atoms with E-state index < -0.39 is 0 Å². The Morgan fingerprint density at radius 1 is 1.26 bits per heavy atom. The molecule has 0 radical (unpaired) electrons. The third-order valence-electron chi connectivity index (χ3n) is 4.75. The number of aromatic nitrogens is 2. The summed E-state index contributed by atoms with van der Waals surface area (Å²) in [7, 11) is 5.62. The van der Waals surface area contributed by atoms with Gasteiger partial charge in [-0.3, -0.25) is 4.79 Å². The van der Waals surface area contributed by atoms with E-state index in [0.29, 0.717) is 18.5 Å². The Hall–Kier alpha value is -2.61. The van der Waals surface area contributed by atoms with Crippen molar-refractivity contribution in [3.05, 3.63) is 24.3 Å². The number of hydrogen-bond donors (Lipinski definition) is 1. The molecule has 3 rings (SSSR count). The molecule has 1 amide bonds. The van der Waals surface area contributed by atoms with Crippen LogP contribution in [0.1, 0.15) is 12.8 Å². The zero-order valence-corrected chi connectivity index (χ0v) is 16.1. The van der Waals surface area contributed by atoms with Crippen molar-refractivity contribution in [2.75, 3.05) is 52.3 Å². The lowest BCUT2D eigenvalue weighted by Gasteiger charge is -2.29. The summed E-state index contributed by atoms with van der Waals surface area (Å²) in [6, 6.07) is 8.01. The van der Waals surface area contributed by atoms with E-state index in [1.807, 2.05) is 43.3 Å². The lowest BCUT2D eigenvalue weighted by molar-refractivity contribution is -0.125. The fourth-order valence-corrected chi connectivity index (χ4v) is 3.07. The number of carbonyl (C=O) groups excluding carboxylic acids is 1. The molecule has 1 N–H and O–H groups in total. The fraction of sp³-hybridized carbons (Fsp3) is 0.526. The second-order valence-corrected chi connectivity index (χ2v) is 6.97. The molecule has 0 spiro atoms. The second-order valence-electron chi connectivity index (χ2n) is 6.97. The SMILES string of the molecule is COc1ccc(-c2nnc(N3CCC(C(=O)NCCN(C)C)CC3)o2)cc1. The van der Waals surface area contributed by atoms with Crippen molar-refractivity contribution in [3.8, 4) is 17.2 Å². The first-order valence-electron chi connectivity index (χ1n) is 9.22. The number of nitrogens with one attached hydrogen (secondary N) is 1. The van der Waals surface area contributed by atoms with Gasteiger partial charge in [-0.15, -0.1) is 5.10 Å². The first-order chi connectivity index (χ1) is 13.1. The average molecular weight is 373 g/mol. The van der Waals surface area contributed by atoms with Gasteiger partial charge in [-0.1, -0.05) is 5.10 Å². The minimum absolute atomic E-state index is 0.0485. The number of hydrogen-bond acceptors (Lipinski definition) is 7. The van der Waals surface area contributed by atoms with Gasteiger partial charge in [0.05, 0.1) is 7.11 Å². The number of amides is 1. The molecule has 1 saturated heterocycles. The van der Waals surface area contributed by atoms with Crippen LogP contribution in [0.4, 0.5) is 6.01 Å². The maximum absolute atomic E-state index is 12.3. The van der Waals surface area contributed by atoms with E-state index in [4.69, 9.17) is 9.15 Å². The van der Waals surface area contributed by atoms with Gasteiger partial charge in [-0.05, 0) is 51.2 Å². The number of carbonyl (C=O) groups is 1. The zero-order chi connectivity index (χ0) is 19.2. The Kier molecular flexibility index (Phi) is 6.28. The van der Waals surface area contributed by atoms with Gasteiger partial charge in [0, 0.05) is 37.7 Å². The molecule has 8 nitrogen and oxygen atoms in total. The number of piperidine rings is 1. The maximum atomic E-state index is 12.3. The fourth-order valence-electron chi connectivity index (χ4n) is 3.07. The van der Waals surface area contributed by atoms with Gasteiger partial charge >= 0.3 is 6.01 Å². The van der Waals surface area contributed by atoms with Gasteiger partial charge < -0.3 is 24.3 Å². The zero-order valence-electron chi connectivity index (χ0n) is 16.1. The van der Waals surface area contributed by atoms with Crippen LogP contribution in [0.15, 0.2) is 28.7 Å². The van der Waals surface area contributed by atoms with Crippen LogP contribution >= 0.6 is 0 Å². The van der Waals surface area contributed by atoms with Crippen molar-refractivity contribution in [1.82, 2.24) is 20.4 Å². The normalized spacial score (nSPS) is 15.2. The molecular weight excluding hydrogens is 346 g/mol. The third-order valence-corrected chi connectivity index (χ3v) is 4.75. The van der Waals surface area contributed by atoms with E-state index in [0.717, 1.165) is 43.8 Å².